The molecular weight excluding hydrogens is 520 g/mol. The molecule has 2 radical (unpaired) electrons. The van der Waals surface area contributed by atoms with Gasteiger partial charge in [0.1, 0.15) is 4.90 Å². The van der Waals surface area contributed by atoms with Crippen LogP contribution in [0, 0.1) is 0 Å². The largest absolute Gasteiger partial charge is 0.481 e. The topological polar surface area (TPSA) is 186 Å². The van der Waals surface area contributed by atoms with Crippen LogP contribution in [0.1, 0.15) is 63.5 Å². The maximum atomic E-state index is 12.0. The van der Waals surface area contributed by atoms with Crippen LogP contribution in [-0.4, -0.2) is 94.6 Å². The molecule has 36 heavy (non-hydrogen) atoms. The average molecular weight is 553 g/mol. The molecule has 5 N–H and O–H groups in total. The van der Waals surface area contributed by atoms with E-state index in [1.165, 1.54) is 0 Å². The standard InChI is InChI=1S/C18H24O3S.C6H8O7.Ca/c1-3-5-9-14-13-15-10-7-8-12-17(15)18(22(19,20)21)16(14)11-6-4-2;7-3(8)1-6(13,5(11)12)2-4(9)10;/h7-8,10,12-13H,3-6,9,11H2,1-2H3,(H,19,20,21);13H,1-2H2,(H,7,8)(H,9,10)(H,11,12);. The summed E-state index contributed by atoms with van der Waals surface area (Å²) in [5.41, 5.74) is -0.879. The summed E-state index contributed by atoms with van der Waals surface area (Å²) in [5.74, 6) is -5.02. The molecule has 196 valence electrons. The first-order chi connectivity index (χ1) is 16.3. The smallest absolute Gasteiger partial charge is 0.336 e. The SMILES string of the molecule is CCCCc1cc2ccccc2c(S(=O)(=O)O)c1CCCC.O=C(O)CC(O)(CC(=O)O)C(=O)O.[Ca]. The third-order valence-electron chi connectivity index (χ3n) is 5.32. The predicted octanol–water partition coefficient (Wildman–Crippen LogP) is 3.14. The number of hydrogen-bond acceptors (Lipinski definition) is 6. The van der Waals surface area contributed by atoms with Gasteiger partial charge in [0.05, 0.1) is 12.8 Å². The van der Waals surface area contributed by atoms with Crippen molar-refractivity contribution in [1.29, 1.82) is 0 Å². The van der Waals surface area contributed by atoms with Crippen molar-refractivity contribution < 1.29 is 47.8 Å². The van der Waals surface area contributed by atoms with Gasteiger partial charge in [0, 0.05) is 43.1 Å². The minimum absolute atomic E-state index is 0. The molecule has 2 aromatic carbocycles. The number of carbonyl (C=O) groups is 3. The van der Waals surface area contributed by atoms with Gasteiger partial charge in [-0.15, -0.1) is 0 Å². The van der Waals surface area contributed by atoms with Crippen LogP contribution in [0.25, 0.3) is 10.8 Å². The maximum absolute atomic E-state index is 12.0. The molecule has 10 nitrogen and oxygen atoms in total. The zero-order chi connectivity index (χ0) is 26.8. The van der Waals surface area contributed by atoms with Gasteiger partial charge in [0.15, 0.2) is 5.60 Å². The van der Waals surface area contributed by atoms with E-state index in [0.717, 1.165) is 48.6 Å². The minimum Gasteiger partial charge on any atom is -0.481 e. The van der Waals surface area contributed by atoms with E-state index in [1.54, 1.807) is 6.07 Å². The molecule has 0 aliphatic heterocycles. The minimum atomic E-state index is -4.24. The van der Waals surface area contributed by atoms with E-state index in [2.05, 4.69) is 19.9 Å². The second-order valence-electron chi connectivity index (χ2n) is 8.22. The van der Waals surface area contributed by atoms with Gasteiger partial charge in [0.25, 0.3) is 10.1 Å². The summed E-state index contributed by atoms with van der Waals surface area (Å²) in [4.78, 5) is 30.6. The fraction of sp³-hybridized carbons (Fsp3) is 0.458. The van der Waals surface area contributed by atoms with Gasteiger partial charge in [0.2, 0.25) is 0 Å². The van der Waals surface area contributed by atoms with Crippen molar-refractivity contribution in [2.24, 2.45) is 0 Å². The summed E-state index contributed by atoms with van der Waals surface area (Å²) >= 11 is 0. The maximum Gasteiger partial charge on any atom is 0.336 e. The molecule has 0 atom stereocenters. The zero-order valence-electron chi connectivity index (χ0n) is 20.4. The summed E-state index contributed by atoms with van der Waals surface area (Å²) in [6.07, 6.45) is 3.23. The number of unbranched alkanes of at least 4 members (excludes halogenated alkanes) is 2. The number of aliphatic carboxylic acids is 3. The molecule has 0 bridgehead atoms. The van der Waals surface area contributed by atoms with Crippen LogP contribution >= 0.6 is 0 Å². The molecule has 0 aliphatic carbocycles. The number of rotatable bonds is 12. The van der Waals surface area contributed by atoms with Crippen molar-refractivity contribution in [2.45, 2.75) is 75.7 Å². The number of hydrogen-bond donors (Lipinski definition) is 5. The van der Waals surface area contributed by atoms with Gasteiger partial charge < -0.3 is 20.4 Å². The van der Waals surface area contributed by atoms with Gasteiger partial charge >= 0.3 is 17.9 Å². The van der Waals surface area contributed by atoms with E-state index >= 15 is 0 Å². The molecule has 0 saturated carbocycles. The van der Waals surface area contributed by atoms with Crippen LogP contribution in [0.2, 0.25) is 0 Å². The summed E-state index contributed by atoms with van der Waals surface area (Å²) in [6.45, 7) is 4.20. The first-order valence-corrected chi connectivity index (χ1v) is 12.6. The number of carboxylic acid groups (broad SMARTS) is 3. The quantitative estimate of drug-likeness (QED) is 0.193. The summed E-state index contributed by atoms with van der Waals surface area (Å²) in [7, 11) is -4.24. The normalized spacial score (nSPS) is 11.2. The first-order valence-electron chi connectivity index (χ1n) is 11.2. The first kappa shape index (κ1) is 34.2. The molecule has 0 amide bonds. The van der Waals surface area contributed by atoms with Gasteiger partial charge in [-0.25, -0.2) is 4.79 Å². The average Bonchev–Trinajstić information content (AvgIpc) is 2.74. The number of benzene rings is 2. The Hall–Kier alpha value is -1.76. The van der Waals surface area contributed by atoms with Crippen LogP contribution in [0.15, 0.2) is 35.2 Å². The van der Waals surface area contributed by atoms with Gasteiger partial charge in [-0.3, -0.25) is 14.1 Å². The van der Waals surface area contributed by atoms with E-state index in [0.29, 0.717) is 11.8 Å². The monoisotopic (exact) mass is 552 g/mol. The van der Waals surface area contributed by atoms with E-state index in [1.807, 2.05) is 18.2 Å². The fourth-order valence-corrected chi connectivity index (χ4v) is 4.65. The van der Waals surface area contributed by atoms with Crippen LogP contribution < -0.4 is 0 Å². The third-order valence-corrected chi connectivity index (χ3v) is 6.30. The Bertz CT molecular complexity index is 1140. The summed E-state index contributed by atoms with van der Waals surface area (Å²) in [5, 5.41) is 35.3. The van der Waals surface area contributed by atoms with Crippen molar-refractivity contribution in [2.75, 3.05) is 0 Å². The van der Waals surface area contributed by atoms with Gasteiger partial charge in [-0.1, -0.05) is 57.0 Å². The van der Waals surface area contributed by atoms with Crippen molar-refractivity contribution in [3.8, 4) is 0 Å². The Morgan fingerprint density at radius 3 is 1.83 bits per heavy atom. The second-order valence-corrected chi connectivity index (χ2v) is 9.58. The van der Waals surface area contributed by atoms with Crippen LogP contribution in [0.3, 0.4) is 0 Å². The Morgan fingerprint density at radius 2 is 1.39 bits per heavy atom. The zero-order valence-corrected chi connectivity index (χ0v) is 23.5. The van der Waals surface area contributed by atoms with E-state index in [9.17, 15) is 27.4 Å². The fourth-order valence-electron chi connectivity index (χ4n) is 3.64. The van der Waals surface area contributed by atoms with Gasteiger partial charge in [-0.2, -0.15) is 8.42 Å². The molecule has 2 aromatic rings. The van der Waals surface area contributed by atoms with Crippen LogP contribution in [-0.2, 0) is 37.3 Å². The molecule has 0 unspecified atom stereocenters. The van der Waals surface area contributed by atoms with Crippen molar-refractivity contribution >= 4 is 76.5 Å². The Morgan fingerprint density at radius 1 is 0.889 bits per heavy atom. The molecule has 12 heteroatoms. The van der Waals surface area contributed by atoms with E-state index in [4.69, 9.17) is 20.4 Å². The Labute approximate surface area is 240 Å². The van der Waals surface area contributed by atoms with Crippen molar-refractivity contribution in [1.82, 2.24) is 0 Å². The molecule has 0 spiro atoms. The van der Waals surface area contributed by atoms with Gasteiger partial charge in [-0.05, 0) is 42.2 Å². The van der Waals surface area contributed by atoms with Crippen LogP contribution in [0.5, 0.6) is 0 Å². The van der Waals surface area contributed by atoms with E-state index < -0.39 is 46.5 Å². The number of fused-ring (bicyclic) bond motifs is 1. The molecular formula is C24H32CaO10S. The second kappa shape index (κ2) is 15.5. The number of carboxylic acids is 3. The van der Waals surface area contributed by atoms with Crippen molar-refractivity contribution in [3.05, 3.63) is 41.5 Å². The third kappa shape index (κ3) is 10.3. The molecule has 0 aromatic heterocycles. The molecule has 2 rings (SSSR count). The summed E-state index contributed by atoms with van der Waals surface area (Å²) in [6, 6.07) is 9.48. The number of aryl methyl sites for hydroxylation is 1. The number of aliphatic hydroxyl groups is 1. The molecule has 0 heterocycles. The Balaban J connectivity index is 0.000000758. The molecule has 0 fully saturated rings. The molecule has 0 aliphatic rings. The summed E-state index contributed by atoms with van der Waals surface area (Å²) < 4.78 is 33.8. The predicted molar refractivity (Wildman–Crippen MR) is 134 cm³/mol. The molecule has 0 saturated heterocycles. The van der Waals surface area contributed by atoms with Crippen LogP contribution in [0.4, 0.5) is 0 Å². The van der Waals surface area contributed by atoms with Crippen molar-refractivity contribution in [3.63, 3.8) is 0 Å². The van der Waals surface area contributed by atoms with E-state index in [-0.39, 0.29) is 42.6 Å². The Kier molecular flexibility index (Phi) is 14.7.